The Bertz CT molecular complexity index is 1010. The molecule has 0 aliphatic heterocycles. The Balaban J connectivity index is 1.40. The molecule has 2 saturated carbocycles. The number of hydrogen-bond donors (Lipinski definition) is 1. The molecule has 0 spiro atoms. The molecule has 4 heteroatoms. The molecular formula is C24H25N3O. The van der Waals surface area contributed by atoms with Gasteiger partial charge in [-0.15, -0.1) is 0 Å². The average molecular weight is 371 g/mol. The summed E-state index contributed by atoms with van der Waals surface area (Å²) in [5.74, 6) is 0.441. The molecule has 2 aliphatic rings. The predicted octanol–water partition coefficient (Wildman–Crippen LogP) is 4.52. The number of carbonyl (C=O) groups is 1. The van der Waals surface area contributed by atoms with E-state index in [0.717, 1.165) is 42.6 Å². The minimum atomic E-state index is 0.00365. The van der Waals surface area contributed by atoms with E-state index in [4.69, 9.17) is 0 Å². The molecule has 1 N–H and O–H groups in total. The highest BCUT2D eigenvalue weighted by Crippen LogP contribution is 2.47. The highest BCUT2D eigenvalue weighted by Gasteiger charge is 2.44. The number of rotatable bonds is 6. The van der Waals surface area contributed by atoms with Crippen LogP contribution in [0.2, 0.25) is 0 Å². The van der Waals surface area contributed by atoms with E-state index >= 15 is 0 Å². The van der Waals surface area contributed by atoms with Crippen LogP contribution >= 0.6 is 0 Å². The van der Waals surface area contributed by atoms with Crippen LogP contribution in [0.1, 0.15) is 58.8 Å². The van der Waals surface area contributed by atoms with Crippen molar-refractivity contribution in [3.8, 4) is 5.69 Å². The van der Waals surface area contributed by atoms with Crippen LogP contribution in [0.4, 0.5) is 0 Å². The fourth-order valence-electron chi connectivity index (χ4n) is 4.13. The lowest BCUT2D eigenvalue weighted by Crippen LogP contribution is -2.32. The number of nitrogens with zero attached hydrogens (tertiary/aromatic N) is 2. The second-order valence-corrected chi connectivity index (χ2v) is 8.25. The van der Waals surface area contributed by atoms with Gasteiger partial charge in [-0.1, -0.05) is 48.5 Å². The van der Waals surface area contributed by atoms with Crippen LogP contribution in [0.15, 0.2) is 60.8 Å². The molecule has 2 aliphatic carbocycles. The fourth-order valence-corrected chi connectivity index (χ4v) is 4.13. The first kappa shape index (κ1) is 17.2. The molecule has 0 bridgehead atoms. The summed E-state index contributed by atoms with van der Waals surface area (Å²) in [6.45, 7) is 2.78. The summed E-state index contributed by atoms with van der Waals surface area (Å²) in [4.78, 5) is 13.1. The molecule has 1 aromatic heterocycles. The maximum Gasteiger partial charge on any atom is 0.254 e. The van der Waals surface area contributed by atoms with Crippen LogP contribution in [0.25, 0.3) is 5.69 Å². The Morgan fingerprint density at radius 2 is 1.82 bits per heavy atom. The molecule has 28 heavy (non-hydrogen) atoms. The predicted molar refractivity (Wildman–Crippen MR) is 110 cm³/mol. The molecule has 1 heterocycles. The summed E-state index contributed by atoms with van der Waals surface area (Å²) in [5, 5.41) is 7.81. The quantitative estimate of drug-likeness (QED) is 0.692. The summed E-state index contributed by atoms with van der Waals surface area (Å²) in [5.41, 5.74) is 5.47. The van der Waals surface area contributed by atoms with E-state index in [0.29, 0.717) is 12.5 Å². The van der Waals surface area contributed by atoms with E-state index in [9.17, 15) is 4.79 Å². The van der Waals surface area contributed by atoms with E-state index in [2.05, 4.69) is 53.7 Å². The Morgan fingerprint density at radius 1 is 1.11 bits per heavy atom. The molecule has 142 valence electrons. The summed E-state index contributed by atoms with van der Waals surface area (Å²) in [7, 11) is 0. The van der Waals surface area contributed by atoms with Crippen molar-refractivity contribution in [2.45, 2.75) is 43.9 Å². The number of nitrogens with one attached hydrogen (secondary N) is 1. The van der Waals surface area contributed by atoms with Crippen molar-refractivity contribution in [3.05, 3.63) is 83.2 Å². The van der Waals surface area contributed by atoms with Gasteiger partial charge in [0.2, 0.25) is 0 Å². The molecule has 2 fully saturated rings. The van der Waals surface area contributed by atoms with E-state index in [1.54, 1.807) is 6.20 Å². The van der Waals surface area contributed by atoms with Crippen molar-refractivity contribution in [1.82, 2.24) is 15.1 Å². The molecule has 0 radical (unpaired) electrons. The number of para-hydroxylation sites is 1. The van der Waals surface area contributed by atoms with E-state index in [-0.39, 0.29) is 11.3 Å². The molecule has 0 unspecified atom stereocenters. The van der Waals surface area contributed by atoms with Crippen molar-refractivity contribution >= 4 is 5.91 Å². The Morgan fingerprint density at radius 3 is 2.50 bits per heavy atom. The van der Waals surface area contributed by atoms with E-state index < -0.39 is 0 Å². The third-order valence-corrected chi connectivity index (χ3v) is 6.19. The van der Waals surface area contributed by atoms with Crippen LogP contribution in [0, 0.1) is 6.92 Å². The average Bonchev–Trinajstić information content (AvgIpc) is 3.66. The lowest BCUT2D eigenvalue weighted by atomic mass is 9.96. The fraction of sp³-hybridized carbons (Fsp3) is 0.333. The van der Waals surface area contributed by atoms with Crippen molar-refractivity contribution < 1.29 is 4.79 Å². The molecule has 2 aromatic carbocycles. The van der Waals surface area contributed by atoms with Gasteiger partial charge in [-0.05, 0) is 49.8 Å². The zero-order valence-electron chi connectivity index (χ0n) is 16.2. The summed E-state index contributed by atoms with van der Waals surface area (Å²) in [6, 6.07) is 18.8. The van der Waals surface area contributed by atoms with Crippen LogP contribution in [0.3, 0.4) is 0 Å². The van der Waals surface area contributed by atoms with Crippen LogP contribution in [-0.4, -0.2) is 22.2 Å². The van der Waals surface area contributed by atoms with E-state index in [1.807, 2.05) is 22.9 Å². The molecule has 0 atom stereocenters. The summed E-state index contributed by atoms with van der Waals surface area (Å²) < 4.78 is 1.98. The smallest absolute Gasteiger partial charge is 0.254 e. The first-order valence-corrected chi connectivity index (χ1v) is 10.2. The van der Waals surface area contributed by atoms with Gasteiger partial charge in [0.15, 0.2) is 0 Å². The topological polar surface area (TPSA) is 46.9 Å². The number of hydrogen-bond acceptors (Lipinski definition) is 2. The zero-order valence-corrected chi connectivity index (χ0v) is 16.2. The van der Waals surface area contributed by atoms with E-state index in [1.165, 1.54) is 11.1 Å². The van der Waals surface area contributed by atoms with Gasteiger partial charge in [0, 0.05) is 17.9 Å². The monoisotopic (exact) mass is 371 g/mol. The lowest BCUT2D eigenvalue weighted by molar-refractivity contribution is 0.0948. The van der Waals surface area contributed by atoms with Gasteiger partial charge in [0.1, 0.15) is 0 Å². The summed E-state index contributed by atoms with van der Waals surface area (Å²) >= 11 is 0. The maximum atomic E-state index is 13.1. The first-order valence-electron chi connectivity index (χ1n) is 10.2. The number of aromatic nitrogens is 2. The number of amides is 1. The number of benzene rings is 2. The minimum absolute atomic E-state index is 0.00365. The van der Waals surface area contributed by atoms with Gasteiger partial charge in [-0.3, -0.25) is 4.79 Å². The second-order valence-electron chi connectivity index (χ2n) is 8.25. The molecule has 0 saturated heterocycles. The van der Waals surface area contributed by atoms with Crippen LogP contribution in [0.5, 0.6) is 0 Å². The highest BCUT2D eigenvalue weighted by molar-refractivity contribution is 5.95. The second kappa shape index (κ2) is 6.62. The lowest BCUT2D eigenvalue weighted by Gasteiger charge is -2.17. The standard InChI is InChI=1S/C24H25N3O/c1-17-7-5-6-10-21(17)27-22(18-11-12-18)20(15-26-27)23(28)25-16-24(13-14-24)19-8-3-2-4-9-19/h2-10,15,18H,11-14,16H2,1H3,(H,25,28). The van der Waals surface area contributed by atoms with Gasteiger partial charge in [0.25, 0.3) is 5.91 Å². The third kappa shape index (κ3) is 3.03. The van der Waals surface area contributed by atoms with Gasteiger partial charge in [-0.2, -0.15) is 5.10 Å². The van der Waals surface area contributed by atoms with Crippen molar-refractivity contribution in [1.29, 1.82) is 0 Å². The maximum absolute atomic E-state index is 13.1. The van der Waals surface area contributed by atoms with Crippen LogP contribution in [-0.2, 0) is 5.41 Å². The Hall–Kier alpha value is -2.88. The van der Waals surface area contributed by atoms with Crippen LogP contribution < -0.4 is 5.32 Å². The zero-order chi connectivity index (χ0) is 19.1. The van der Waals surface area contributed by atoms with Gasteiger partial charge in [0.05, 0.1) is 23.1 Å². The minimum Gasteiger partial charge on any atom is -0.351 e. The molecule has 1 amide bonds. The largest absolute Gasteiger partial charge is 0.351 e. The molecule has 3 aromatic rings. The van der Waals surface area contributed by atoms with Gasteiger partial charge >= 0.3 is 0 Å². The Labute approximate surface area is 165 Å². The van der Waals surface area contributed by atoms with Crippen molar-refractivity contribution in [2.24, 2.45) is 0 Å². The van der Waals surface area contributed by atoms with Gasteiger partial charge in [-0.25, -0.2) is 4.68 Å². The molecule has 5 rings (SSSR count). The SMILES string of the molecule is Cc1ccccc1-n1ncc(C(=O)NCC2(c3ccccc3)CC2)c1C1CC1. The molecule has 4 nitrogen and oxygen atoms in total. The summed E-state index contributed by atoms with van der Waals surface area (Å²) in [6.07, 6.45) is 6.28. The third-order valence-electron chi connectivity index (χ3n) is 6.19. The normalized spacial score (nSPS) is 17.3. The Kier molecular flexibility index (Phi) is 4.08. The van der Waals surface area contributed by atoms with Crippen molar-refractivity contribution in [2.75, 3.05) is 6.54 Å². The van der Waals surface area contributed by atoms with Gasteiger partial charge < -0.3 is 5.32 Å². The van der Waals surface area contributed by atoms with Crippen molar-refractivity contribution in [3.63, 3.8) is 0 Å². The number of carbonyl (C=O) groups excluding carboxylic acids is 1. The number of aryl methyl sites for hydroxylation is 1. The first-order chi connectivity index (χ1) is 13.7. The highest BCUT2D eigenvalue weighted by atomic mass is 16.1. The molecular weight excluding hydrogens is 346 g/mol.